The van der Waals surface area contributed by atoms with Gasteiger partial charge in [0.15, 0.2) is 0 Å². The average Bonchev–Trinajstić information content (AvgIpc) is 2.84. The molecule has 0 aliphatic carbocycles. The van der Waals surface area contributed by atoms with Crippen LogP contribution in [0, 0.1) is 27.7 Å². The molecule has 0 spiro atoms. The van der Waals surface area contributed by atoms with E-state index < -0.39 is 26.3 Å². The molecule has 0 heterocycles. The summed E-state index contributed by atoms with van der Waals surface area (Å²) in [6.45, 7) is 8.27. The summed E-state index contributed by atoms with van der Waals surface area (Å²) in [5.74, 6) is 0. The maximum Gasteiger partial charge on any atom is 0.300 e. The van der Waals surface area contributed by atoms with Crippen molar-refractivity contribution in [2.45, 2.75) is 27.7 Å². The van der Waals surface area contributed by atoms with Gasteiger partial charge in [-0.05, 0) is 48.4 Å². The minimum absolute atomic E-state index is 1.10. The van der Waals surface area contributed by atoms with E-state index in [-0.39, 0.29) is 0 Å². The Morgan fingerprint density at radius 2 is 0.647 bits per heavy atom. The normalized spacial score (nSPS) is 11.5. The molecule has 0 fully saturated rings. The average molecular weight is 503 g/mol. The van der Waals surface area contributed by atoms with Gasteiger partial charge in [0.1, 0.15) is 0 Å². The highest BCUT2D eigenvalue weighted by Crippen LogP contribution is 2.26. The molecule has 3 nitrogen and oxygen atoms in total. The minimum atomic E-state index is -2.74. The third-order valence-electron chi connectivity index (χ3n) is 5.95. The van der Waals surface area contributed by atoms with Crippen molar-refractivity contribution in [2.75, 3.05) is 0 Å². The standard InChI is InChI=1S/C28H31O3PSi2/c1-21-5-13-25(14-6-21)33(26-15-7-22(2)8-16-26)30-32(29)31-34(27-17-9-23(3)10-18-27)28-19-11-24(4)12-20-28/h5-20,32-34H,1-4H3. The molecule has 0 radical (unpaired) electrons. The first-order valence-corrected chi connectivity index (χ1v) is 16.0. The monoisotopic (exact) mass is 502 g/mol. The largest absolute Gasteiger partial charge is 0.346 e. The van der Waals surface area contributed by atoms with Crippen molar-refractivity contribution >= 4 is 47.1 Å². The molecule has 0 aliphatic rings. The van der Waals surface area contributed by atoms with Gasteiger partial charge in [0.25, 0.3) is 18.1 Å². The Hall–Kier alpha value is -2.54. The Kier molecular flexibility index (Phi) is 8.14. The third kappa shape index (κ3) is 6.32. The van der Waals surface area contributed by atoms with E-state index in [4.69, 9.17) is 8.43 Å². The zero-order valence-corrected chi connectivity index (χ0v) is 23.4. The fourth-order valence-corrected chi connectivity index (χ4v) is 11.2. The quantitative estimate of drug-likeness (QED) is 0.272. The fourth-order valence-electron chi connectivity index (χ4n) is 3.84. The predicted molar refractivity (Wildman–Crippen MR) is 149 cm³/mol. The highest BCUT2D eigenvalue weighted by atomic mass is 31.1. The zero-order chi connectivity index (χ0) is 24.1. The van der Waals surface area contributed by atoms with Crippen LogP contribution in [0.5, 0.6) is 0 Å². The van der Waals surface area contributed by atoms with Gasteiger partial charge in [-0.15, -0.1) is 0 Å². The molecule has 0 N–H and O–H groups in total. The summed E-state index contributed by atoms with van der Waals surface area (Å²) in [6.07, 6.45) is 0. The summed E-state index contributed by atoms with van der Waals surface area (Å²) in [6, 6.07) is 33.4. The molecule has 0 aromatic heterocycles. The minimum Gasteiger partial charge on any atom is -0.346 e. The first kappa shape index (κ1) is 24.6. The number of hydrogen-bond acceptors (Lipinski definition) is 3. The molecule has 34 heavy (non-hydrogen) atoms. The van der Waals surface area contributed by atoms with Crippen LogP contribution in [-0.2, 0) is 13.0 Å². The van der Waals surface area contributed by atoms with Gasteiger partial charge >= 0.3 is 8.25 Å². The van der Waals surface area contributed by atoms with Gasteiger partial charge in [-0.2, -0.15) is 0 Å². The lowest BCUT2D eigenvalue weighted by molar-refractivity contribution is 0.432. The van der Waals surface area contributed by atoms with Gasteiger partial charge in [-0.3, -0.25) is 4.57 Å². The molecule has 4 rings (SSSR count). The number of aryl methyl sites for hydroxylation is 4. The predicted octanol–water partition coefficient (Wildman–Crippen LogP) is 3.72. The topological polar surface area (TPSA) is 35.5 Å². The van der Waals surface area contributed by atoms with Crippen LogP contribution < -0.4 is 20.7 Å². The molecule has 4 aromatic carbocycles. The maximum atomic E-state index is 13.4. The van der Waals surface area contributed by atoms with Crippen LogP contribution in [-0.4, -0.2) is 18.1 Å². The van der Waals surface area contributed by atoms with Gasteiger partial charge in [-0.25, -0.2) is 0 Å². The van der Waals surface area contributed by atoms with Gasteiger partial charge < -0.3 is 8.43 Å². The van der Waals surface area contributed by atoms with Crippen LogP contribution >= 0.6 is 8.25 Å². The lowest BCUT2D eigenvalue weighted by atomic mass is 10.2. The first-order chi connectivity index (χ1) is 16.4. The molecule has 174 valence electrons. The van der Waals surface area contributed by atoms with E-state index in [1.165, 1.54) is 22.3 Å². The second kappa shape index (κ2) is 11.3. The van der Waals surface area contributed by atoms with Gasteiger partial charge in [0.05, 0.1) is 0 Å². The van der Waals surface area contributed by atoms with Crippen LogP contribution in [0.1, 0.15) is 22.3 Å². The molecule has 0 saturated carbocycles. The van der Waals surface area contributed by atoms with E-state index in [1.807, 2.05) is 0 Å². The Labute approximate surface area is 206 Å². The van der Waals surface area contributed by atoms with Crippen LogP contribution in [0.3, 0.4) is 0 Å². The lowest BCUT2D eigenvalue weighted by Crippen LogP contribution is -2.46. The van der Waals surface area contributed by atoms with Crippen molar-refractivity contribution in [2.24, 2.45) is 0 Å². The number of rotatable bonds is 8. The van der Waals surface area contributed by atoms with Crippen molar-refractivity contribution in [1.29, 1.82) is 0 Å². The van der Waals surface area contributed by atoms with Crippen LogP contribution in [0.15, 0.2) is 97.1 Å². The van der Waals surface area contributed by atoms with E-state index in [0.29, 0.717) is 0 Å². The van der Waals surface area contributed by atoms with E-state index in [0.717, 1.165) is 20.7 Å². The molecule has 6 heteroatoms. The van der Waals surface area contributed by atoms with Gasteiger partial charge in [-0.1, -0.05) is 119 Å². The molecule has 0 aliphatic heterocycles. The Balaban J connectivity index is 1.63. The summed E-state index contributed by atoms with van der Waals surface area (Å²) in [7, 11) is -7.11. The van der Waals surface area contributed by atoms with Gasteiger partial charge in [0.2, 0.25) is 0 Å². The van der Waals surface area contributed by atoms with Crippen LogP contribution in [0.25, 0.3) is 0 Å². The van der Waals surface area contributed by atoms with Crippen molar-refractivity contribution in [3.05, 3.63) is 119 Å². The molecule has 4 aromatic rings. The molecular weight excluding hydrogens is 471 g/mol. The summed E-state index contributed by atoms with van der Waals surface area (Å²) < 4.78 is 26.1. The van der Waals surface area contributed by atoms with E-state index in [2.05, 4.69) is 125 Å². The smallest absolute Gasteiger partial charge is 0.300 e. The highest BCUT2D eigenvalue weighted by Gasteiger charge is 2.25. The van der Waals surface area contributed by atoms with Crippen molar-refractivity contribution in [3.63, 3.8) is 0 Å². The number of hydrogen-bond donors (Lipinski definition) is 0. The SMILES string of the molecule is Cc1ccc([SiH](O[PH](=O)O[SiH](c2ccc(C)cc2)c2ccc(C)cc2)c2ccc(C)cc2)cc1. The molecular formula is C28H31O3PSi2. The Morgan fingerprint density at radius 3 is 0.853 bits per heavy atom. The molecule has 0 amide bonds. The van der Waals surface area contributed by atoms with Crippen molar-refractivity contribution in [3.8, 4) is 0 Å². The highest BCUT2D eigenvalue weighted by molar-refractivity contribution is 7.38. The molecule has 0 unspecified atom stereocenters. The molecule has 0 saturated heterocycles. The summed E-state index contributed by atoms with van der Waals surface area (Å²) in [5, 5.41) is 4.39. The van der Waals surface area contributed by atoms with E-state index in [9.17, 15) is 4.57 Å². The summed E-state index contributed by atoms with van der Waals surface area (Å²) in [5.41, 5.74) is 4.76. The molecule has 0 bridgehead atoms. The van der Waals surface area contributed by atoms with Crippen LogP contribution in [0.2, 0.25) is 0 Å². The fraction of sp³-hybridized carbons (Fsp3) is 0.143. The summed E-state index contributed by atoms with van der Waals surface area (Å²) >= 11 is 0. The van der Waals surface area contributed by atoms with Gasteiger partial charge in [0, 0.05) is 0 Å². The Morgan fingerprint density at radius 1 is 0.441 bits per heavy atom. The van der Waals surface area contributed by atoms with Crippen molar-refractivity contribution < 1.29 is 13.0 Å². The Bertz CT molecular complexity index is 1050. The third-order valence-corrected chi connectivity index (χ3v) is 13.3. The second-order valence-electron chi connectivity index (χ2n) is 8.89. The second-order valence-corrected chi connectivity index (χ2v) is 15.5. The summed E-state index contributed by atoms with van der Waals surface area (Å²) in [4.78, 5) is 0. The van der Waals surface area contributed by atoms with Crippen LogP contribution in [0.4, 0.5) is 0 Å². The lowest BCUT2D eigenvalue weighted by Gasteiger charge is -2.21. The maximum absolute atomic E-state index is 13.4. The number of benzene rings is 4. The van der Waals surface area contributed by atoms with E-state index in [1.54, 1.807) is 0 Å². The van der Waals surface area contributed by atoms with Crippen molar-refractivity contribution in [1.82, 2.24) is 0 Å². The first-order valence-electron chi connectivity index (χ1n) is 11.5. The van der Waals surface area contributed by atoms with E-state index >= 15 is 0 Å². The molecule has 0 atom stereocenters. The zero-order valence-electron chi connectivity index (χ0n) is 20.1.